The molecule has 0 aliphatic heterocycles. The molecule has 0 saturated carbocycles. The molecule has 0 aromatic heterocycles. The molecule has 162 valence electrons. The minimum absolute atomic E-state index is 0.0659. The summed E-state index contributed by atoms with van der Waals surface area (Å²) in [5.74, 6) is -0.0674. The third-order valence-corrected chi connectivity index (χ3v) is 6.61. The number of nitrogens with one attached hydrogen (secondary N) is 1. The molecule has 2 rings (SSSR count). The van der Waals surface area contributed by atoms with Gasteiger partial charge in [-0.2, -0.15) is 4.72 Å². The highest BCUT2D eigenvalue weighted by atomic mass is 35.5. The molecule has 1 atom stereocenters. The second-order valence-electron chi connectivity index (χ2n) is 7.45. The molecule has 30 heavy (non-hydrogen) atoms. The molecule has 0 radical (unpaired) electrons. The minimum Gasteiger partial charge on any atom is -0.370 e. The van der Waals surface area contributed by atoms with Gasteiger partial charge in [-0.3, -0.25) is 9.79 Å². The fourth-order valence-corrected chi connectivity index (χ4v) is 4.55. The quantitative estimate of drug-likeness (QED) is 0.222. The van der Waals surface area contributed by atoms with Crippen molar-refractivity contribution in [3.63, 3.8) is 0 Å². The lowest BCUT2D eigenvalue weighted by atomic mass is 9.78. The van der Waals surface area contributed by atoms with Crippen LogP contribution in [0, 0.1) is 0 Å². The second kappa shape index (κ2) is 10.1. The van der Waals surface area contributed by atoms with E-state index in [0.717, 1.165) is 11.1 Å². The number of carbonyl (C=O) groups is 1. The molecule has 0 fully saturated rings. The number of halogens is 1. The average molecular weight is 451 g/mol. The van der Waals surface area contributed by atoms with Crippen LogP contribution in [0.4, 0.5) is 0 Å². The fraction of sp³-hybridized carbons (Fsp3) is 0.333. The number of hydrogen-bond donors (Lipinski definition) is 3. The molecular weight excluding hydrogens is 424 g/mol. The summed E-state index contributed by atoms with van der Waals surface area (Å²) in [4.78, 5) is 15.6. The topological polar surface area (TPSA) is 128 Å². The first-order valence-electron chi connectivity index (χ1n) is 9.47. The van der Waals surface area contributed by atoms with Crippen LogP contribution in [0.1, 0.15) is 37.8 Å². The number of hydrogen-bond acceptors (Lipinski definition) is 4. The predicted octanol–water partition coefficient (Wildman–Crippen LogP) is 2.48. The molecule has 7 nitrogen and oxygen atoms in total. The molecule has 2 aromatic carbocycles. The Morgan fingerprint density at radius 3 is 2.33 bits per heavy atom. The van der Waals surface area contributed by atoms with Crippen molar-refractivity contribution in [1.82, 2.24) is 4.72 Å². The summed E-state index contributed by atoms with van der Waals surface area (Å²) < 4.78 is 28.2. The summed E-state index contributed by atoms with van der Waals surface area (Å²) in [6.45, 7) is 4.32. The van der Waals surface area contributed by atoms with E-state index >= 15 is 0 Å². The molecule has 0 heterocycles. The molecular formula is C21H27ClN4O3S. The van der Waals surface area contributed by atoms with E-state index in [9.17, 15) is 13.2 Å². The van der Waals surface area contributed by atoms with Gasteiger partial charge in [0.1, 0.15) is 0 Å². The van der Waals surface area contributed by atoms with Crippen molar-refractivity contribution in [2.75, 3.05) is 6.54 Å². The van der Waals surface area contributed by atoms with E-state index in [1.165, 1.54) is 6.07 Å². The molecule has 0 bridgehead atoms. The van der Waals surface area contributed by atoms with Gasteiger partial charge in [0.05, 0.1) is 10.9 Å². The van der Waals surface area contributed by atoms with E-state index in [-0.39, 0.29) is 23.8 Å². The first-order chi connectivity index (χ1) is 14.0. The zero-order chi connectivity index (χ0) is 22.4. The summed E-state index contributed by atoms with van der Waals surface area (Å²) in [6, 6.07) is 15.4. The SMILES string of the molecule is CC(C)(c1ccccc1)c1cccc(S(=O)(=O)N[C@@H](CCCN=C(N)N)C(=O)Cl)c1. The molecule has 0 unspecified atom stereocenters. The summed E-state index contributed by atoms with van der Waals surface area (Å²) in [7, 11) is -3.96. The van der Waals surface area contributed by atoms with Crippen LogP contribution in [0.3, 0.4) is 0 Å². The van der Waals surface area contributed by atoms with Gasteiger partial charge in [0.15, 0.2) is 5.96 Å². The smallest absolute Gasteiger partial charge is 0.241 e. The van der Waals surface area contributed by atoms with E-state index < -0.39 is 26.7 Å². The summed E-state index contributed by atoms with van der Waals surface area (Å²) >= 11 is 5.61. The fourth-order valence-electron chi connectivity index (χ4n) is 3.05. The van der Waals surface area contributed by atoms with E-state index in [1.54, 1.807) is 12.1 Å². The van der Waals surface area contributed by atoms with E-state index in [2.05, 4.69) is 9.71 Å². The normalized spacial score (nSPS) is 12.9. The van der Waals surface area contributed by atoms with E-state index in [0.29, 0.717) is 6.42 Å². The lowest BCUT2D eigenvalue weighted by molar-refractivity contribution is -0.113. The van der Waals surface area contributed by atoms with E-state index in [4.69, 9.17) is 23.1 Å². The maximum Gasteiger partial charge on any atom is 0.241 e. The van der Waals surface area contributed by atoms with Crippen LogP contribution in [-0.2, 0) is 20.2 Å². The Kier molecular flexibility index (Phi) is 8.00. The van der Waals surface area contributed by atoms with Gasteiger partial charge in [-0.15, -0.1) is 0 Å². The Labute approximate surface area is 182 Å². The monoisotopic (exact) mass is 450 g/mol. The van der Waals surface area contributed by atoms with Crippen molar-refractivity contribution < 1.29 is 13.2 Å². The van der Waals surface area contributed by atoms with Crippen LogP contribution in [0.25, 0.3) is 0 Å². The highest BCUT2D eigenvalue weighted by Gasteiger charge is 2.27. The largest absolute Gasteiger partial charge is 0.370 e. The number of carbonyl (C=O) groups excluding carboxylic acids is 1. The summed E-state index contributed by atoms with van der Waals surface area (Å²) in [6.07, 6.45) is 0.568. The molecule has 0 spiro atoms. The summed E-state index contributed by atoms with van der Waals surface area (Å²) in [5.41, 5.74) is 12.0. The summed E-state index contributed by atoms with van der Waals surface area (Å²) in [5, 5.41) is -0.788. The number of guanidine groups is 1. The Balaban J connectivity index is 2.24. The van der Waals surface area contributed by atoms with Crippen LogP contribution in [0.15, 0.2) is 64.5 Å². The van der Waals surface area contributed by atoms with E-state index in [1.807, 2.05) is 50.2 Å². The lowest BCUT2D eigenvalue weighted by Gasteiger charge is -2.26. The molecule has 0 saturated heterocycles. The standard InChI is InChI=1S/C21H27ClN4O3S/c1-21(2,15-8-4-3-5-9-15)16-10-6-11-17(14-16)30(28,29)26-18(19(22)27)12-7-13-25-20(23)24/h3-6,8-11,14,18,26H,7,12-13H2,1-2H3,(H4,23,24,25)/t18-/m0/s1. The lowest BCUT2D eigenvalue weighted by Crippen LogP contribution is -2.39. The van der Waals surface area contributed by atoms with Gasteiger partial charge in [0.25, 0.3) is 0 Å². The first kappa shape index (κ1) is 23.9. The Hall–Kier alpha value is -2.42. The van der Waals surface area contributed by atoms with Crippen molar-refractivity contribution in [2.24, 2.45) is 16.5 Å². The van der Waals surface area contributed by atoms with Crippen molar-refractivity contribution >= 4 is 32.8 Å². The number of nitrogens with zero attached hydrogens (tertiary/aromatic N) is 1. The molecule has 0 aliphatic rings. The van der Waals surface area contributed by atoms with Crippen LogP contribution >= 0.6 is 11.6 Å². The van der Waals surface area contributed by atoms with Crippen LogP contribution in [0.2, 0.25) is 0 Å². The van der Waals surface area contributed by atoms with Crippen molar-refractivity contribution in [2.45, 2.75) is 43.0 Å². The highest BCUT2D eigenvalue weighted by Crippen LogP contribution is 2.32. The highest BCUT2D eigenvalue weighted by molar-refractivity contribution is 7.89. The van der Waals surface area contributed by atoms with Gasteiger partial charge in [0.2, 0.25) is 15.3 Å². The van der Waals surface area contributed by atoms with Crippen molar-refractivity contribution in [3.8, 4) is 0 Å². The van der Waals surface area contributed by atoms with Gasteiger partial charge < -0.3 is 11.5 Å². The minimum atomic E-state index is -3.96. The average Bonchev–Trinajstić information content (AvgIpc) is 2.70. The second-order valence-corrected chi connectivity index (χ2v) is 9.53. The van der Waals surface area contributed by atoms with Crippen molar-refractivity contribution in [1.29, 1.82) is 0 Å². The maximum atomic E-state index is 12.9. The van der Waals surface area contributed by atoms with Gasteiger partial charge >= 0.3 is 0 Å². The number of nitrogens with two attached hydrogens (primary N) is 2. The van der Waals surface area contributed by atoms with Gasteiger partial charge in [-0.25, -0.2) is 8.42 Å². The van der Waals surface area contributed by atoms with Gasteiger partial charge in [-0.1, -0.05) is 56.3 Å². The Morgan fingerprint density at radius 2 is 1.73 bits per heavy atom. The van der Waals surface area contributed by atoms with Crippen molar-refractivity contribution in [3.05, 3.63) is 65.7 Å². The number of benzene rings is 2. The Morgan fingerprint density at radius 1 is 1.10 bits per heavy atom. The molecule has 9 heteroatoms. The van der Waals surface area contributed by atoms with Gasteiger partial charge in [0, 0.05) is 12.0 Å². The molecule has 2 aromatic rings. The van der Waals surface area contributed by atoms with Gasteiger partial charge in [-0.05, 0) is 47.7 Å². The molecule has 0 aliphatic carbocycles. The third kappa shape index (κ3) is 6.29. The zero-order valence-electron chi connectivity index (χ0n) is 17.0. The zero-order valence-corrected chi connectivity index (χ0v) is 18.6. The number of sulfonamides is 1. The van der Waals surface area contributed by atoms with Crippen LogP contribution < -0.4 is 16.2 Å². The molecule has 0 amide bonds. The predicted molar refractivity (Wildman–Crippen MR) is 120 cm³/mol. The molecule has 5 N–H and O–H groups in total. The third-order valence-electron chi connectivity index (χ3n) is 4.88. The first-order valence-corrected chi connectivity index (χ1v) is 11.3. The number of aliphatic imine (C=N–C) groups is 1. The van der Waals surface area contributed by atoms with Crippen LogP contribution in [-0.4, -0.2) is 32.2 Å². The van der Waals surface area contributed by atoms with Crippen LogP contribution in [0.5, 0.6) is 0 Å². The number of rotatable bonds is 10. The maximum absolute atomic E-state index is 12.9. The Bertz CT molecular complexity index is 1000.